The van der Waals surface area contributed by atoms with Gasteiger partial charge in [0.2, 0.25) is 0 Å². The van der Waals surface area contributed by atoms with Gasteiger partial charge in [-0.15, -0.1) is 0 Å². The Morgan fingerprint density at radius 3 is 3.00 bits per heavy atom. The summed E-state index contributed by atoms with van der Waals surface area (Å²) in [7, 11) is 0. The molecule has 1 unspecified atom stereocenters. The van der Waals surface area contributed by atoms with Crippen molar-refractivity contribution in [2.75, 3.05) is 0 Å². The molecule has 0 saturated carbocycles. The topological polar surface area (TPSA) is 17.1 Å². The van der Waals surface area contributed by atoms with Crippen LogP contribution in [0.25, 0.3) is 0 Å². The quantitative estimate of drug-likeness (QED) is 0.516. The predicted molar refractivity (Wildman–Crippen MR) is 37.3 cm³/mol. The Bertz CT molecular complexity index is 140. The van der Waals surface area contributed by atoms with Gasteiger partial charge in [0.15, 0.2) is 0 Å². The fourth-order valence-corrected chi connectivity index (χ4v) is 1.14. The highest BCUT2D eigenvalue weighted by molar-refractivity contribution is 6.29. The molecule has 0 aromatic heterocycles. The highest BCUT2D eigenvalue weighted by atomic mass is 35.5. The molecule has 1 nitrogen and oxygen atoms in total. The van der Waals surface area contributed by atoms with Crippen LogP contribution in [0, 0.1) is 5.92 Å². The number of carbonyl (C=O) groups is 1. The van der Waals surface area contributed by atoms with Crippen LogP contribution in [0.1, 0.15) is 19.3 Å². The number of aldehydes is 1. The van der Waals surface area contributed by atoms with Gasteiger partial charge in [0.25, 0.3) is 0 Å². The van der Waals surface area contributed by atoms with Crippen molar-refractivity contribution in [1.82, 2.24) is 0 Å². The molecule has 0 saturated heterocycles. The molecule has 1 atom stereocenters. The van der Waals surface area contributed by atoms with Crippen LogP contribution >= 0.6 is 11.6 Å². The van der Waals surface area contributed by atoms with Crippen molar-refractivity contribution in [1.29, 1.82) is 0 Å². The van der Waals surface area contributed by atoms with E-state index in [1.54, 1.807) is 0 Å². The molecule has 0 heterocycles. The second kappa shape index (κ2) is 3.02. The Morgan fingerprint density at radius 1 is 1.78 bits per heavy atom. The molecule has 2 heteroatoms. The SMILES string of the molecule is O=CC1CC=C(Cl)CC1. The van der Waals surface area contributed by atoms with Crippen LogP contribution in [-0.4, -0.2) is 6.29 Å². The highest BCUT2D eigenvalue weighted by Gasteiger charge is 2.10. The summed E-state index contributed by atoms with van der Waals surface area (Å²) in [6.07, 6.45) is 5.59. The average molecular weight is 145 g/mol. The monoisotopic (exact) mass is 144 g/mol. The van der Waals surface area contributed by atoms with E-state index >= 15 is 0 Å². The largest absolute Gasteiger partial charge is 0.303 e. The summed E-state index contributed by atoms with van der Waals surface area (Å²) in [5, 5.41) is 0.910. The average Bonchev–Trinajstić information content (AvgIpc) is 1.90. The van der Waals surface area contributed by atoms with Gasteiger partial charge in [-0.25, -0.2) is 0 Å². The molecule has 0 aromatic rings. The minimum absolute atomic E-state index is 0.229. The van der Waals surface area contributed by atoms with Gasteiger partial charge in [-0.2, -0.15) is 0 Å². The predicted octanol–water partition coefficient (Wildman–Crippen LogP) is 2.11. The molecular weight excluding hydrogens is 136 g/mol. The van der Waals surface area contributed by atoms with Crippen LogP contribution in [0.15, 0.2) is 11.1 Å². The Kier molecular flexibility index (Phi) is 2.29. The van der Waals surface area contributed by atoms with E-state index in [9.17, 15) is 4.79 Å². The molecule has 0 spiro atoms. The van der Waals surface area contributed by atoms with Crippen LogP contribution in [0.4, 0.5) is 0 Å². The lowest BCUT2D eigenvalue weighted by atomic mass is 9.96. The highest BCUT2D eigenvalue weighted by Crippen LogP contribution is 2.23. The van der Waals surface area contributed by atoms with E-state index < -0.39 is 0 Å². The van der Waals surface area contributed by atoms with Crippen LogP contribution < -0.4 is 0 Å². The molecule has 50 valence electrons. The number of rotatable bonds is 1. The third-order valence-corrected chi connectivity index (χ3v) is 1.93. The second-order valence-electron chi connectivity index (χ2n) is 2.32. The summed E-state index contributed by atoms with van der Waals surface area (Å²) in [4.78, 5) is 10.2. The smallest absolute Gasteiger partial charge is 0.123 e. The van der Waals surface area contributed by atoms with Gasteiger partial charge in [-0.05, 0) is 19.3 Å². The molecule has 0 aliphatic heterocycles. The van der Waals surface area contributed by atoms with Crippen LogP contribution in [0.5, 0.6) is 0 Å². The molecule has 0 bridgehead atoms. The fourth-order valence-electron chi connectivity index (χ4n) is 0.946. The first-order valence-corrected chi connectivity index (χ1v) is 3.50. The van der Waals surface area contributed by atoms with E-state index in [0.717, 1.165) is 30.6 Å². The zero-order valence-corrected chi connectivity index (χ0v) is 5.90. The van der Waals surface area contributed by atoms with Gasteiger partial charge in [0.1, 0.15) is 6.29 Å². The number of hydrogen-bond acceptors (Lipinski definition) is 1. The summed E-state index contributed by atoms with van der Waals surface area (Å²) < 4.78 is 0. The van der Waals surface area contributed by atoms with Gasteiger partial charge in [0, 0.05) is 11.0 Å². The van der Waals surface area contributed by atoms with Gasteiger partial charge in [-0.3, -0.25) is 0 Å². The lowest BCUT2D eigenvalue weighted by molar-refractivity contribution is -0.111. The lowest BCUT2D eigenvalue weighted by Crippen LogP contribution is -2.04. The van der Waals surface area contributed by atoms with E-state index in [0.29, 0.717) is 0 Å². The minimum atomic E-state index is 0.229. The Balaban J connectivity index is 2.45. The van der Waals surface area contributed by atoms with E-state index in [-0.39, 0.29) is 5.92 Å². The van der Waals surface area contributed by atoms with Crippen molar-refractivity contribution in [2.45, 2.75) is 19.3 Å². The Hall–Kier alpha value is -0.300. The molecule has 1 aliphatic carbocycles. The molecule has 0 N–H and O–H groups in total. The summed E-state index contributed by atoms with van der Waals surface area (Å²) in [5.74, 6) is 0.229. The molecule has 9 heavy (non-hydrogen) atoms. The first-order valence-electron chi connectivity index (χ1n) is 3.12. The van der Waals surface area contributed by atoms with Gasteiger partial charge >= 0.3 is 0 Å². The normalized spacial score (nSPS) is 27.2. The first-order chi connectivity index (χ1) is 4.33. The maximum absolute atomic E-state index is 10.2. The standard InChI is InChI=1S/C7H9ClO/c8-7-3-1-6(5-9)2-4-7/h3,5-6H,1-2,4H2. The van der Waals surface area contributed by atoms with Crippen molar-refractivity contribution in [3.05, 3.63) is 11.1 Å². The summed E-state index contributed by atoms with van der Waals surface area (Å²) in [6.45, 7) is 0. The third-order valence-electron chi connectivity index (χ3n) is 1.59. The van der Waals surface area contributed by atoms with E-state index in [2.05, 4.69) is 0 Å². The zero-order chi connectivity index (χ0) is 6.69. The summed E-state index contributed by atoms with van der Waals surface area (Å²) in [6, 6.07) is 0. The lowest BCUT2D eigenvalue weighted by Gasteiger charge is -2.11. The molecule has 0 aromatic carbocycles. The van der Waals surface area contributed by atoms with Gasteiger partial charge in [-0.1, -0.05) is 17.7 Å². The van der Waals surface area contributed by atoms with Gasteiger partial charge < -0.3 is 4.79 Å². The molecule has 1 aliphatic rings. The van der Waals surface area contributed by atoms with Crippen molar-refractivity contribution in [2.24, 2.45) is 5.92 Å². The van der Waals surface area contributed by atoms with Crippen molar-refractivity contribution in [3.63, 3.8) is 0 Å². The maximum Gasteiger partial charge on any atom is 0.123 e. The minimum Gasteiger partial charge on any atom is -0.303 e. The summed E-state index contributed by atoms with van der Waals surface area (Å²) >= 11 is 5.68. The molecular formula is C7H9ClO. The van der Waals surface area contributed by atoms with Crippen molar-refractivity contribution >= 4 is 17.9 Å². The maximum atomic E-state index is 10.2. The number of carbonyl (C=O) groups excluding carboxylic acids is 1. The van der Waals surface area contributed by atoms with Crippen molar-refractivity contribution in [3.8, 4) is 0 Å². The van der Waals surface area contributed by atoms with Crippen LogP contribution in [0.2, 0.25) is 0 Å². The number of halogens is 1. The molecule has 0 radical (unpaired) electrons. The summed E-state index contributed by atoms with van der Waals surface area (Å²) in [5.41, 5.74) is 0. The zero-order valence-electron chi connectivity index (χ0n) is 5.14. The van der Waals surface area contributed by atoms with Gasteiger partial charge in [0.05, 0.1) is 0 Å². The first kappa shape index (κ1) is 6.81. The van der Waals surface area contributed by atoms with Crippen LogP contribution in [-0.2, 0) is 4.79 Å². The number of hydrogen-bond donors (Lipinski definition) is 0. The Morgan fingerprint density at radius 2 is 2.56 bits per heavy atom. The molecule has 1 rings (SSSR count). The third kappa shape index (κ3) is 1.83. The Labute approximate surface area is 59.7 Å². The number of allylic oxidation sites excluding steroid dienone is 2. The fraction of sp³-hybridized carbons (Fsp3) is 0.571. The van der Waals surface area contributed by atoms with Crippen molar-refractivity contribution < 1.29 is 4.79 Å². The molecule has 0 amide bonds. The van der Waals surface area contributed by atoms with E-state index in [1.165, 1.54) is 0 Å². The van der Waals surface area contributed by atoms with E-state index in [1.807, 2.05) is 6.08 Å². The van der Waals surface area contributed by atoms with Crippen LogP contribution in [0.3, 0.4) is 0 Å². The second-order valence-corrected chi connectivity index (χ2v) is 2.81. The molecule has 0 fully saturated rings. The van der Waals surface area contributed by atoms with E-state index in [4.69, 9.17) is 11.6 Å².